The lowest BCUT2D eigenvalue weighted by atomic mass is 10.0. The summed E-state index contributed by atoms with van der Waals surface area (Å²) in [4.78, 5) is 12.9. The Morgan fingerprint density at radius 1 is 1.64 bits per heavy atom. The predicted molar refractivity (Wildman–Crippen MR) is 39.6 cm³/mol. The van der Waals surface area contributed by atoms with Crippen LogP contribution in [0.25, 0.3) is 0 Å². The van der Waals surface area contributed by atoms with Crippen LogP contribution >= 0.6 is 0 Å². The Morgan fingerprint density at radius 3 is 3.27 bits per heavy atom. The molecule has 1 fully saturated rings. The summed E-state index contributed by atoms with van der Waals surface area (Å²) in [5.74, 6) is 0.193. The zero-order valence-corrected chi connectivity index (χ0v) is 6.23. The molecule has 0 aromatic heterocycles. The number of fused-ring (bicyclic) bond motifs is 1. The van der Waals surface area contributed by atoms with E-state index in [1.165, 1.54) is 0 Å². The second kappa shape index (κ2) is 2.34. The first-order chi connectivity index (χ1) is 5.27. The number of hydrogen-bond acceptors (Lipinski definition) is 2. The van der Waals surface area contributed by atoms with Crippen LogP contribution in [0.4, 0.5) is 0 Å². The van der Waals surface area contributed by atoms with Crippen LogP contribution in [-0.4, -0.2) is 28.1 Å². The molecular formula is C8H11NO2. The van der Waals surface area contributed by atoms with Crippen LogP contribution in [0.1, 0.15) is 19.3 Å². The first-order valence-electron chi connectivity index (χ1n) is 3.95. The molecule has 0 aliphatic carbocycles. The topological polar surface area (TPSA) is 40.5 Å². The zero-order chi connectivity index (χ0) is 7.84. The summed E-state index contributed by atoms with van der Waals surface area (Å²) in [6, 6.07) is 0.266. The molecule has 0 aromatic carbocycles. The van der Waals surface area contributed by atoms with Crippen LogP contribution in [0.15, 0.2) is 12.3 Å². The summed E-state index contributed by atoms with van der Waals surface area (Å²) in [5, 5.41) is 9.22. The van der Waals surface area contributed by atoms with Gasteiger partial charge in [-0.25, -0.2) is 0 Å². The Hall–Kier alpha value is -0.830. The van der Waals surface area contributed by atoms with Crippen LogP contribution in [0.2, 0.25) is 0 Å². The zero-order valence-electron chi connectivity index (χ0n) is 6.23. The van der Waals surface area contributed by atoms with Crippen molar-refractivity contribution in [3.63, 3.8) is 0 Å². The molecule has 2 aliphatic heterocycles. The van der Waals surface area contributed by atoms with Crippen molar-refractivity contribution in [2.45, 2.75) is 31.4 Å². The van der Waals surface area contributed by atoms with E-state index in [1.54, 1.807) is 17.2 Å². The van der Waals surface area contributed by atoms with E-state index in [4.69, 9.17) is 0 Å². The number of nitrogens with zero attached hydrogens (tertiary/aromatic N) is 1. The molecule has 1 amide bonds. The molecule has 2 rings (SSSR count). The van der Waals surface area contributed by atoms with Gasteiger partial charge in [-0.15, -0.1) is 0 Å². The van der Waals surface area contributed by atoms with Gasteiger partial charge in [-0.2, -0.15) is 0 Å². The Morgan fingerprint density at radius 2 is 2.45 bits per heavy atom. The number of aliphatic hydroxyl groups is 1. The molecule has 3 heteroatoms. The van der Waals surface area contributed by atoms with E-state index in [1.807, 2.05) is 0 Å². The Labute approximate surface area is 65.3 Å². The highest BCUT2D eigenvalue weighted by Crippen LogP contribution is 2.26. The Bertz CT molecular complexity index is 212. The standard InChI is InChI=1S/C8H11NO2/c10-7-3-4-9-6(5-7)1-2-8(9)11/h3-4,6-7,10H,1-2,5H2/t6-,7?/m0/s1. The second-order valence-corrected chi connectivity index (χ2v) is 3.14. The van der Waals surface area contributed by atoms with Crippen molar-refractivity contribution in [3.05, 3.63) is 12.3 Å². The molecule has 0 aromatic rings. The normalized spacial score (nSPS) is 36.1. The maximum Gasteiger partial charge on any atom is 0.226 e. The molecule has 60 valence electrons. The smallest absolute Gasteiger partial charge is 0.226 e. The van der Waals surface area contributed by atoms with Crippen molar-refractivity contribution in [2.24, 2.45) is 0 Å². The highest BCUT2D eigenvalue weighted by atomic mass is 16.3. The molecule has 2 heterocycles. The van der Waals surface area contributed by atoms with E-state index in [2.05, 4.69) is 0 Å². The fourth-order valence-electron chi connectivity index (χ4n) is 1.75. The Balaban J connectivity index is 2.19. The maximum atomic E-state index is 11.1. The molecule has 2 aliphatic rings. The molecule has 1 N–H and O–H groups in total. The SMILES string of the molecule is O=C1CC[C@H]2CC(O)C=CN12. The number of hydrogen-bond donors (Lipinski definition) is 1. The summed E-state index contributed by atoms with van der Waals surface area (Å²) >= 11 is 0. The summed E-state index contributed by atoms with van der Waals surface area (Å²) in [6.07, 6.45) is 5.31. The van der Waals surface area contributed by atoms with Gasteiger partial charge in [-0.05, 0) is 18.9 Å². The van der Waals surface area contributed by atoms with E-state index < -0.39 is 0 Å². The van der Waals surface area contributed by atoms with Gasteiger partial charge in [-0.1, -0.05) is 0 Å². The number of rotatable bonds is 0. The van der Waals surface area contributed by atoms with Gasteiger partial charge in [0.2, 0.25) is 5.91 Å². The van der Waals surface area contributed by atoms with Gasteiger partial charge in [0.1, 0.15) is 0 Å². The third-order valence-corrected chi connectivity index (χ3v) is 2.36. The van der Waals surface area contributed by atoms with E-state index >= 15 is 0 Å². The molecule has 2 atom stereocenters. The quantitative estimate of drug-likeness (QED) is 0.542. The van der Waals surface area contributed by atoms with Crippen LogP contribution < -0.4 is 0 Å². The maximum absolute atomic E-state index is 11.1. The minimum absolute atomic E-state index is 0.193. The van der Waals surface area contributed by atoms with Crippen LogP contribution in [0, 0.1) is 0 Å². The highest BCUT2D eigenvalue weighted by molar-refractivity contribution is 5.80. The van der Waals surface area contributed by atoms with E-state index in [9.17, 15) is 9.90 Å². The van der Waals surface area contributed by atoms with Gasteiger partial charge >= 0.3 is 0 Å². The first-order valence-corrected chi connectivity index (χ1v) is 3.95. The van der Waals surface area contributed by atoms with Crippen molar-refractivity contribution >= 4 is 5.91 Å². The lowest BCUT2D eigenvalue weighted by Gasteiger charge is -2.26. The van der Waals surface area contributed by atoms with Crippen LogP contribution in [0.5, 0.6) is 0 Å². The van der Waals surface area contributed by atoms with E-state index in [-0.39, 0.29) is 18.1 Å². The molecule has 1 saturated heterocycles. The first kappa shape index (κ1) is 6.85. The number of aliphatic hydroxyl groups excluding tert-OH is 1. The molecule has 11 heavy (non-hydrogen) atoms. The highest BCUT2D eigenvalue weighted by Gasteiger charge is 2.32. The molecular weight excluding hydrogens is 142 g/mol. The summed E-state index contributed by atoms with van der Waals surface area (Å²) < 4.78 is 0. The summed E-state index contributed by atoms with van der Waals surface area (Å²) in [5.41, 5.74) is 0. The minimum Gasteiger partial charge on any atom is -0.389 e. The largest absolute Gasteiger partial charge is 0.389 e. The number of carbonyl (C=O) groups is 1. The van der Waals surface area contributed by atoms with Crippen molar-refractivity contribution in [1.82, 2.24) is 4.90 Å². The predicted octanol–water partition coefficient (Wildman–Crippen LogP) is 0.256. The fraction of sp³-hybridized carbons (Fsp3) is 0.625. The number of carbonyl (C=O) groups excluding carboxylic acids is 1. The van der Waals surface area contributed by atoms with Crippen LogP contribution in [-0.2, 0) is 4.79 Å². The lowest BCUT2D eigenvalue weighted by molar-refractivity contribution is -0.126. The third kappa shape index (κ3) is 1.05. The molecule has 1 unspecified atom stereocenters. The molecule has 3 nitrogen and oxygen atoms in total. The van der Waals surface area contributed by atoms with E-state index in [0.29, 0.717) is 12.8 Å². The molecule has 0 saturated carbocycles. The average Bonchev–Trinajstić information content (AvgIpc) is 2.32. The van der Waals surface area contributed by atoms with Gasteiger partial charge in [0.25, 0.3) is 0 Å². The van der Waals surface area contributed by atoms with Gasteiger partial charge < -0.3 is 10.0 Å². The lowest BCUT2D eigenvalue weighted by Crippen LogP contribution is -2.34. The van der Waals surface area contributed by atoms with Crippen molar-refractivity contribution < 1.29 is 9.90 Å². The number of amides is 1. The monoisotopic (exact) mass is 153 g/mol. The molecule has 0 bridgehead atoms. The average molecular weight is 153 g/mol. The minimum atomic E-state index is -0.345. The van der Waals surface area contributed by atoms with Crippen molar-refractivity contribution in [1.29, 1.82) is 0 Å². The van der Waals surface area contributed by atoms with Gasteiger partial charge in [0.15, 0.2) is 0 Å². The van der Waals surface area contributed by atoms with E-state index in [0.717, 1.165) is 6.42 Å². The summed E-state index contributed by atoms with van der Waals surface area (Å²) in [6.45, 7) is 0. The van der Waals surface area contributed by atoms with Gasteiger partial charge in [0.05, 0.1) is 6.10 Å². The fourth-order valence-corrected chi connectivity index (χ4v) is 1.75. The van der Waals surface area contributed by atoms with Crippen molar-refractivity contribution in [2.75, 3.05) is 0 Å². The molecule has 0 radical (unpaired) electrons. The third-order valence-electron chi connectivity index (χ3n) is 2.36. The summed E-state index contributed by atoms with van der Waals surface area (Å²) in [7, 11) is 0. The van der Waals surface area contributed by atoms with Crippen LogP contribution in [0.3, 0.4) is 0 Å². The Kier molecular flexibility index (Phi) is 1.46. The van der Waals surface area contributed by atoms with Crippen molar-refractivity contribution in [3.8, 4) is 0 Å². The second-order valence-electron chi connectivity index (χ2n) is 3.14. The van der Waals surface area contributed by atoms with Gasteiger partial charge in [0, 0.05) is 18.7 Å². The van der Waals surface area contributed by atoms with Gasteiger partial charge in [-0.3, -0.25) is 4.79 Å². The molecule has 0 spiro atoms.